The van der Waals surface area contributed by atoms with Crippen LogP contribution in [0.4, 0.5) is 0 Å². The Hall–Kier alpha value is -3.20. The van der Waals surface area contributed by atoms with Crippen LogP contribution >= 0.6 is 0 Å². The topological polar surface area (TPSA) is 37.4 Å². The SMILES string of the molecule is CCCCN1C(=O)C(C)C(C(CC(CC(C)c2ccccc2)c2ccccc2)c2ccccc2)C1=O. The number of rotatable bonds is 11. The molecule has 0 saturated carbocycles. The maximum absolute atomic E-state index is 13.7. The Kier molecular flexibility index (Phi) is 8.74. The molecule has 0 N–H and O–H groups in total. The van der Waals surface area contributed by atoms with Crippen molar-refractivity contribution in [3.05, 3.63) is 108 Å². The van der Waals surface area contributed by atoms with E-state index in [1.807, 2.05) is 25.1 Å². The molecule has 2 amide bonds. The Morgan fingerprint density at radius 3 is 1.81 bits per heavy atom. The molecule has 3 nitrogen and oxygen atoms in total. The summed E-state index contributed by atoms with van der Waals surface area (Å²) in [5, 5.41) is 0. The van der Waals surface area contributed by atoms with E-state index in [1.165, 1.54) is 11.1 Å². The first kappa shape index (κ1) is 25.9. The molecule has 3 aromatic carbocycles. The predicted molar refractivity (Wildman–Crippen MR) is 147 cm³/mol. The number of hydrogen-bond donors (Lipinski definition) is 0. The van der Waals surface area contributed by atoms with E-state index in [0.29, 0.717) is 12.5 Å². The number of hydrogen-bond acceptors (Lipinski definition) is 2. The summed E-state index contributed by atoms with van der Waals surface area (Å²) < 4.78 is 0. The Labute approximate surface area is 216 Å². The lowest BCUT2D eigenvalue weighted by molar-refractivity contribution is -0.140. The van der Waals surface area contributed by atoms with Crippen molar-refractivity contribution in [1.82, 2.24) is 4.90 Å². The van der Waals surface area contributed by atoms with Gasteiger partial charge < -0.3 is 0 Å². The van der Waals surface area contributed by atoms with Crippen molar-refractivity contribution in [1.29, 1.82) is 0 Å². The molecule has 0 bridgehead atoms. The number of benzene rings is 3. The zero-order valence-corrected chi connectivity index (χ0v) is 21.8. The van der Waals surface area contributed by atoms with Crippen molar-refractivity contribution in [3.8, 4) is 0 Å². The van der Waals surface area contributed by atoms with Crippen molar-refractivity contribution in [2.75, 3.05) is 6.54 Å². The maximum atomic E-state index is 13.7. The number of imide groups is 1. The lowest BCUT2D eigenvalue weighted by Gasteiger charge is -2.31. The highest BCUT2D eigenvalue weighted by Crippen LogP contribution is 2.45. The fourth-order valence-electron chi connectivity index (χ4n) is 5.89. The van der Waals surface area contributed by atoms with E-state index >= 15 is 0 Å². The monoisotopic (exact) mass is 481 g/mol. The number of carbonyl (C=O) groups excluding carboxylic acids is 2. The third-order valence-electron chi connectivity index (χ3n) is 7.96. The molecule has 0 aromatic heterocycles. The van der Waals surface area contributed by atoms with Gasteiger partial charge in [0.25, 0.3) is 0 Å². The third-order valence-corrected chi connectivity index (χ3v) is 7.96. The molecule has 3 heteroatoms. The van der Waals surface area contributed by atoms with Gasteiger partial charge >= 0.3 is 0 Å². The third kappa shape index (κ3) is 5.78. The van der Waals surface area contributed by atoms with Crippen LogP contribution in [0.15, 0.2) is 91.0 Å². The second-order valence-electron chi connectivity index (χ2n) is 10.4. The highest BCUT2D eigenvalue weighted by molar-refractivity contribution is 6.05. The second kappa shape index (κ2) is 12.2. The number of unbranched alkanes of at least 4 members (excludes halogenated alkanes) is 1. The van der Waals surface area contributed by atoms with E-state index in [0.717, 1.165) is 31.2 Å². The second-order valence-corrected chi connectivity index (χ2v) is 10.4. The maximum Gasteiger partial charge on any atom is 0.233 e. The van der Waals surface area contributed by atoms with E-state index < -0.39 is 0 Å². The summed E-state index contributed by atoms with van der Waals surface area (Å²) in [5.74, 6) is 0.0135. The minimum absolute atomic E-state index is 0.00621. The normalized spacial score (nSPS) is 20.4. The van der Waals surface area contributed by atoms with Crippen LogP contribution in [0, 0.1) is 11.8 Å². The van der Waals surface area contributed by atoms with Gasteiger partial charge in [-0.2, -0.15) is 0 Å². The van der Waals surface area contributed by atoms with Crippen LogP contribution in [0.2, 0.25) is 0 Å². The van der Waals surface area contributed by atoms with Gasteiger partial charge in [-0.15, -0.1) is 0 Å². The molecule has 1 saturated heterocycles. The predicted octanol–water partition coefficient (Wildman–Crippen LogP) is 7.56. The Bertz CT molecular complexity index is 1110. The van der Waals surface area contributed by atoms with Gasteiger partial charge in [0.15, 0.2) is 0 Å². The van der Waals surface area contributed by atoms with E-state index in [4.69, 9.17) is 0 Å². The zero-order chi connectivity index (χ0) is 25.5. The summed E-state index contributed by atoms with van der Waals surface area (Å²) in [7, 11) is 0. The Morgan fingerprint density at radius 1 is 0.722 bits per heavy atom. The molecule has 1 aliphatic heterocycles. The molecule has 1 heterocycles. The van der Waals surface area contributed by atoms with E-state index in [2.05, 4.69) is 86.6 Å². The summed E-state index contributed by atoms with van der Waals surface area (Å²) in [6, 6.07) is 31.7. The van der Waals surface area contributed by atoms with Gasteiger partial charge in [-0.1, -0.05) is 118 Å². The van der Waals surface area contributed by atoms with E-state index in [-0.39, 0.29) is 35.5 Å². The van der Waals surface area contributed by atoms with Crippen LogP contribution in [0.3, 0.4) is 0 Å². The van der Waals surface area contributed by atoms with Gasteiger partial charge in [0.2, 0.25) is 11.8 Å². The molecule has 0 spiro atoms. The lowest BCUT2D eigenvalue weighted by Crippen LogP contribution is -2.33. The molecule has 5 unspecified atom stereocenters. The summed E-state index contributed by atoms with van der Waals surface area (Å²) in [6.45, 7) is 6.87. The lowest BCUT2D eigenvalue weighted by atomic mass is 9.72. The summed E-state index contributed by atoms with van der Waals surface area (Å²) in [4.78, 5) is 28.4. The van der Waals surface area contributed by atoms with Gasteiger partial charge in [0.05, 0.1) is 5.92 Å². The van der Waals surface area contributed by atoms with Gasteiger partial charge in [0.1, 0.15) is 0 Å². The first-order valence-corrected chi connectivity index (χ1v) is 13.5. The zero-order valence-electron chi connectivity index (χ0n) is 21.8. The smallest absolute Gasteiger partial charge is 0.233 e. The van der Waals surface area contributed by atoms with Crippen LogP contribution in [0.1, 0.15) is 80.9 Å². The molecular weight excluding hydrogens is 442 g/mol. The van der Waals surface area contributed by atoms with Gasteiger partial charge in [-0.25, -0.2) is 0 Å². The van der Waals surface area contributed by atoms with Crippen LogP contribution in [0.5, 0.6) is 0 Å². The minimum atomic E-state index is -0.324. The van der Waals surface area contributed by atoms with Crippen LogP contribution in [-0.4, -0.2) is 23.3 Å². The van der Waals surface area contributed by atoms with Crippen LogP contribution in [-0.2, 0) is 9.59 Å². The average molecular weight is 482 g/mol. The molecular formula is C33H39NO2. The number of amides is 2. The van der Waals surface area contributed by atoms with Crippen molar-refractivity contribution >= 4 is 11.8 Å². The van der Waals surface area contributed by atoms with Crippen molar-refractivity contribution in [3.63, 3.8) is 0 Å². The van der Waals surface area contributed by atoms with Gasteiger partial charge in [-0.3, -0.25) is 14.5 Å². The van der Waals surface area contributed by atoms with Crippen LogP contribution in [0.25, 0.3) is 0 Å². The Morgan fingerprint density at radius 2 is 1.25 bits per heavy atom. The first-order chi connectivity index (χ1) is 17.5. The molecule has 36 heavy (non-hydrogen) atoms. The Balaban J connectivity index is 1.69. The summed E-state index contributed by atoms with van der Waals surface area (Å²) in [6.07, 6.45) is 3.64. The number of nitrogens with zero attached hydrogens (tertiary/aromatic N) is 1. The van der Waals surface area contributed by atoms with Crippen molar-refractivity contribution in [2.24, 2.45) is 11.8 Å². The summed E-state index contributed by atoms with van der Waals surface area (Å²) >= 11 is 0. The fraction of sp³-hybridized carbons (Fsp3) is 0.394. The van der Waals surface area contributed by atoms with Gasteiger partial charge in [0, 0.05) is 12.5 Å². The first-order valence-electron chi connectivity index (χ1n) is 13.5. The quantitative estimate of drug-likeness (QED) is 0.265. The highest BCUT2D eigenvalue weighted by atomic mass is 16.2. The van der Waals surface area contributed by atoms with Crippen molar-refractivity contribution in [2.45, 2.75) is 64.2 Å². The molecule has 4 rings (SSSR count). The van der Waals surface area contributed by atoms with Crippen molar-refractivity contribution < 1.29 is 9.59 Å². The molecule has 0 radical (unpaired) electrons. The molecule has 3 aromatic rings. The van der Waals surface area contributed by atoms with E-state index in [1.54, 1.807) is 4.90 Å². The number of carbonyl (C=O) groups is 2. The summed E-state index contributed by atoms with van der Waals surface area (Å²) in [5.41, 5.74) is 3.79. The standard InChI is InChI=1S/C33H39NO2/c1-4-5-21-34-32(35)25(3)31(33(34)36)30(28-19-13-8-14-20-28)23-29(27-17-11-7-12-18-27)22-24(2)26-15-9-6-10-16-26/h6-20,24-25,29-31H,4-5,21-23H2,1-3H3. The average Bonchev–Trinajstić information content (AvgIpc) is 3.13. The molecule has 0 aliphatic carbocycles. The molecule has 1 aliphatic rings. The molecule has 1 fully saturated rings. The minimum Gasteiger partial charge on any atom is -0.282 e. The van der Waals surface area contributed by atoms with E-state index in [9.17, 15) is 9.59 Å². The van der Waals surface area contributed by atoms with Gasteiger partial charge in [-0.05, 0) is 53.7 Å². The van der Waals surface area contributed by atoms with Crippen LogP contribution < -0.4 is 0 Å². The molecule has 5 atom stereocenters. The molecule has 188 valence electrons. The number of likely N-dealkylation sites (tertiary alicyclic amines) is 1. The largest absolute Gasteiger partial charge is 0.282 e. The fourth-order valence-corrected chi connectivity index (χ4v) is 5.89. The highest BCUT2D eigenvalue weighted by Gasteiger charge is 2.49.